The molecule has 0 atom stereocenters. The Hall–Kier alpha value is -1.18. The highest BCUT2D eigenvalue weighted by molar-refractivity contribution is 5.49. The summed E-state index contributed by atoms with van der Waals surface area (Å²) in [7, 11) is 3.33. The van der Waals surface area contributed by atoms with Gasteiger partial charge in [0.1, 0.15) is 0 Å². The van der Waals surface area contributed by atoms with E-state index in [1.54, 1.807) is 14.2 Å². The minimum absolute atomic E-state index is 0.0693. The molecule has 0 N–H and O–H groups in total. The Balaban J connectivity index is 3.29. The molecule has 0 fully saturated rings. The number of methoxy groups -OCH3 is 2. The maximum atomic E-state index is 5.37. The highest BCUT2D eigenvalue weighted by Crippen LogP contribution is 2.37. The van der Waals surface area contributed by atoms with Crippen LogP contribution in [0.5, 0.6) is 11.5 Å². The maximum absolute atomic E-state index is 5.37. The van der Waals surface area contributed by atoms with Crippen LogP contribution in [0.1, 0.15) is 26.3 Å². The van der Waals surface area contributed by atoms with E-state index in [9.17, 15) is 0 Å². The topological polar surface area (TPSA) is 18.5 Å². The van der Waals surface area contributed by atoms with Crippen molar-refractivity contribution in [2.45, 2.75) is 26.2 Å². The van der Waals surface area contributed by atoms with Crippen molar-refractivity contribution in [3.8, 4) is 11.5 Å². The van der Waals surface area contributed by atoms with E-state index in [1.165, 1.54) is 5.56 Å². The molecule has 0 unspecified atom stereocenters. The quantitative estimate of drug-likeness (QED) is 0.720. The van der Waals surface area contributed by atoms with Crippen LogP contribution in [0.2, 0.25) is 0 Å². The largest absolute Gasteiger partial charge is 0.493 e. The molecule has 0 radical (unpaired) electrons. The summed E-state index contributed by atoms with van der Waals surface area (Å²) in [5, 5.41) is 0. The fraction of sp³-hybridized carbons (Fsp3) is 0.500. The molecule has 0 heterocycles. The van der Waals surface area contributed by atoms with Gasteiger partial charge in [0.05, 0.1) is 14.2 Å². The van der Waals surface area contributed by atoms with Crippen molar-refractivity contribution in [3.05, 3.63) is 23.8 Å². The summed E-state index contributed by atoms with van der Waals surface area (Å²) in [5.74, 6) is 1.63. The molecule has 78 valence electrons. The molecular weight excluding hydrogens is 176 g/mol. The number of hydrogen-bond acceptors (Lipinski definition) is 2. The number of rotatable bonds is 2. The van der Waals surface area contributed by atoms with E-state index in [0.29, 0.717) is 0 Å². The second-order valence-electron chi connectivity index (χ2n) is 4.29. The van der Waals surface area contributed by atoms with Gasteiger partial charge in [0.2, 0.25) is 0 Å². The Kier molecular flexibility index (Phi) is 3.04. The van der Waals surface area contributed by atoms with Crippen LogP contribution in [0, 0.1) is 0 Å². The van der Waals surface area contributed by atoms with E-state index in [0.717, 1.165) is 11.5 Å². The molecule has 1 rings (SSSR count). The van der Waals surface area contributed by atoms with E-state index in [4.69, 9.17) is 9.47 Å². The highest BCUT2D eigenvalue weighted by atomic mass is 16.5. The van der Waals surface area contributed by atoms with Crippen LogP contribution < -0.4 is 9.47 Å². The molecule has 0 amide bonds. The number of ether oxygens (including phenoxy) is 2. The van der Waals surface area contributed by atoms with Crippen LogP contribution in [0.4, 0.5) is 0 Å². The molecule has 2 heteroatoms. The smallest absolute Gasteiger partial charge is 0.164 e. The number of para-hydroxylation sites is 1. The summed E-state index contributed by atoms with van der Waals surface area (Å²) < 4.78 is 10.6. The van der Waals surface area contributed by atoms with E-state index in [-0.39, 0.29) is 5.41 Å². The van der Waals surface area contributed by atoms with Gasteiger partial charge in [-0.1, -0.05) is 32.9 Å². The third-order valence-corrected chi connectivity index (χ3v) is 2.21. The van der Waals surface area contributed by atoms with E-state index in [2.05, 4.69) is 26.8 Å². The fourth-order valence-electron chi connectivity index (χ4n) is 1.48. The van der Waals surface area contributed by atoms with Crippen molar-refractivity contribution in [2.75, 3.05) is 14.2 Å². The first-order valence-corrected chi connectivity index (χ1v) is 4.72. The third-order valence-electron chi connectivity index (χ3n) is 2.21. The average molecular weight is 194 g/mol. The molecular formula is C12H18O2. The molecule has 0 aliphatic carbocycles. The molecule has 0 spiro atoms. The van der Waals surface area contributed by atoms with Gasteiger partial charge >= 0.3 is 0 Å². The maximum Gasteiger partial charge on any atom is 0.164 e. The van der Waals surface area contributed by atoms with Gasteiger partial charge in [-0.25, -0.2) is 0 Å². The van der Waals surface area contributed by atoms with Gasteiger partial charge < -0.3 is 9.47 Å². The minimum Gasteiger partial charge on any atom is -0.493 e. The van der Waals surface area contributed by atoms with E-state index < -0.39 is 0 Å². The van der Waals surface area contributed by atoms with Crippen molar-refractivity contribution in [3.63, 3.8) is 0 Å². The summed E-state index contributed by atoms with van der Waals surface area (Å²) in [5.41, 5.74) is 1.24. The third kappa shape index (κ3) is 2.00. The Bertz CT molecular complexity index is 311. The van der Waals surface area contributed by atoms with Crippen LogP contribution in [0.25, 0.3) is 0 Å². The van der Waals surface area contributed by atoms with Crippen molar-refractivity contribution in [1.82, 2.24) is 0 Å². The molecule has 0 aliphatic rings. The zero-order valence-electron chi connectivity index (χ0n) is 9.55. The summed E-state index contributed by atoms with van der Waals surface area (Å²) >= 11 is 0. The van der Waals surface area contributed by atoms with Crippen molar-refractivity contribution in [1.29, 1.82) is 0 Å². The molecule has 2 nitrogen and oxygen atoms in total. The Morgan fingerprint density at radius 3 is 2.07 bits per heavy atom. The first kappa shape index (κ1) is 10.9. The van der Waals surface area contributed by atoms with E-state index >= 15 is 0 Å². The molecule has 0 aliphatic heterocycles. The zero-order valence-corrected chi connectivity index (χ0v) is 9.55. The lowest BCUT2D eigenvalue weighted by molar-refractivity contribution is 0.345. The Labute approximate surface area is 85.8 Å². The monoisotopic (exact) mass is 194 g/mol. The first-order valence-electron chi connectivity index (χ1n) is 4.72. The fourth-order valence-corrected chi connectivity index (χ4v) is 1.48. The molecule has 0 saturated heterocycles. The summed E-state index contributed by atoms with van der Waals surface area (Å²) in [4.78, 5) is 0. The molecule has 0 aromatic heterocycles. The van der Waals surface area contributed by atoms with Gasteiger partial charge in [-0.15, -0.1) is 0 Å². The van der Waals surface area contributed by atoms with Gasteiger partial charge in [-0.2, -0.15) is 0 Å². The molecule has 14 heavy (non-hydrogen) atoms. The van der Waals surface area contributed by atoms with Crippen molar-refractivity contribution >= 4 is 0 Å². The second kappa shape index (κ2) is 3.91. The van der Waals surface area contributed by atoms with Gasteiger partial charge in [0.25, 0.3) is 0 Å². The first-order chi connectivity index (χ1) is 6.50. The van der Waals surface area contributed by atoms with Crippen molar-refractivity contribution in [2.24, 2.45) is 0 Å². The number of hydrogen-bond donors (Lipinski definition) is 0. The van der Waals surface area contributed by atoms with Gasteiger partial charge in [0, 0.05) is 5.56 Å². The van der Waals surface area contributed by atoms with Gasteiger partial charge in [0.15, 0.2) is 11.5 Å². The summed E-state index contributed by atoms with van der Waals surface area (Å²) in [6.45, 7) is 6.47. The van der Waals surface area contributed by atoms with Crippen LogP contribution >= 0.6 is 0 Å². The van der Waals surface area contributed by atoms with E-state index in [1.807, 2.05) is 12.1 Å². The average Bonchev–Trinajstić information content (AvgIpc) is 2.15. The van der Waals surface area contributed by atoms with Gasteiger partial charge in [-0.3, -0.25) is 0 Å². The number of benzene rings is 1. The zero-order chi connectivity index (χ0) is 10.8. The van der Waals surface area contributed by atoms with Crippen LogP contribution in [-0.4, -0.2) is 14.2 Å². The van der Waals surface area contributed by atoms with Crippen molar-refractivity contribution < 1.29 is 9.47 Å². The second-order valence-corrected chi connectivity index (χ2v) is 4.29. The Morgan fingerprint density at radius 2 is 1.64 bits per heavy atom. The van der Waals surface area contributed by atoms with Crippen LogP contribution in [0.3, 0.4) is 0 Å². The standard InChI is InChI=1S/C12H18O2/c1-12(2,3)9-7-6-8-10(13-4)11(9)14-5/h6-8H,1-5H3. The van der Waals surface area contributed by atoms with Crippen LogP contribution in [-0.2, 0) is 5.41 Å². The van der Waals surface area contributed by atoms with Crippen LogP contribution in [0.15, 0.2) is 18.2 Å². The predicted octanol–water partition coefficient (Wildman–Crippen LogP) is 3.00. The highest BCUT2D eigenvalue weighted by Gasteiger charge is 2.20. The summed E-state index contributed by atoms with van der Waals surface area (Å²) in [6, 6.07) is 5.97. The lowest BCUT2D eigenvalue weighted by atomic mass is 9.86. The minimum atomic E-state index is 0.0693. The lowest BCUT2D eigenvalue weighted by Gasteiger charge is -2.23. The molecule has 1 aromatic rings. The van der Waals surface area contributed by atoms with Gasteiger partial charge in [-0.05, 0) is 11.5 Å². The Morgan fingerprint density at radius 1 is 1.00 bits per heavy atom. The SMILES string of the molecule is COc1cccc(C(C)(C)C)c1OC. The predicted molar refractivity (Wildman–Crippen MR) is 58.2 cm³/mol. The summed E-state index contributed by atoms with van der Waals surface area (Å²) in [6.07, 6.45) is 0. The normalized spacial score (nSPS) is 11.2. The lowest BCUT2D eigenvalue weighted by Crippen LogP contribution is -2.13. The molecule has 0 bridgehead atoms. The molecule has 0 saturated carbocycles. The molecule has 1 aromatic carbocycles.